The van der Waals surface area contributed by atoms with E-state index in [1.165, 1.54) is 5.56 Å². The van der Waals surface area contributed by atoms with E-state index in [-0.39, 0.29) is 37.1 Å². The van der Waals surface area contributed by atoms with Crippen LogP contribution in [0.1, 0.15) is 37.7 Å². The fourth-order valence-electron chi connectivity index (χ4n) is 4.13. The molecular weight excluding hydrogens is 416 g/mol. The van der Waals surface area contributed by atoms with Crippen molar-refractivity contribution in [2.75, 3.05) is 31.6 Å². The molecule has 1 aliphatic rings. The van der Waals surface area contributed by atoms with Crippen LogP contribution < -0.4 is 15.0 Å². The first-order valence-corrected chi connectivity index (χ1v) is 11.5. The fraction of sp³-hybridized carbons (Fsp3) is 0.423. The highest BCUT2D eigenvalue weighted by Crippen LogP contribution is 2.21. The lowest BCUT2D eigenvalue weighted by Gasteiger charge is -2.32. The first-order valence-electron chi connectivity index (χ1n) is 11.5. The highest BCUT2D eigenvalue weighted by atomic mass is 16.5. The lowest BCUT2D eigenvalue weighted by Crippen LogP contribution is -2.44. The number of para-hydroxylation sites is 2. The molecule has 1 heterocycles. The van der Waals surface area contributed by atoms with E-state index in [1.807, 2.05) is 48.5 Å². The van der Waals surface area contributed by atoms with Crippen molar-refractivity contribution in [2.24, 2.45) is 0 Å². The van der Waals surface area contributed by atoms with Gasteiger partial charge in [-0.1, -0.05) is 36.4 Å². The minimum atomic E-state index is -0.141. The van der Waals surface area contributed by atoms with E-state index >= 15 is 0 Å². The van der Waals surface area contributed by atoms with Crippen LogP contribution in [0.25, 0.3) is 0 Å². The Morgan fingerprint density at radius 2 is 1.79 bits per heavy atom. The van der Waals surface area contributed by atoms with Crippen molar-refractivity contribution in [1.82, 2.24) is 10.2 Å². The zero-order valence-corrected chi connectivity index (χ0v) is 19.2. The number of benzene rings is 2. The Bertz CT molecular complexity index is 950. The van der Waals surface area contributed by atoms with Crippen molar-refractivity contribution >= 4 is 17.5 Å². The summed E-state index contributed by atoms with van der Waals surface area (Å²) in [6, 6.07) is 19.5. The van der Waals surface area contributed by atoms with Crippen molar-refractivity contribution < 1.29 is 14.3 Å². The average molecular weight is 449 g/mol. The first-order chi connectivity index (χ1) is 16.1. The SMILES string of the molecule is COc1ccccc1CN1CCC(NC(=O)CCC(=O)N(CCC#N)c2ccccc2)CC1. The largest absolute Gasteiger partial charge is 0.496 e. The molecule has 1 aliphatic heterocycles. The van der Waals surface area contributed by atoms with Crippen LogP contribution in [-0.2, 0) is 16.1 Å². The van der Waals surface area contributed by atoms with E-state index in [9.17, 15) is 9.59 Å². The number of carbonyl (C=O) groups excluding carboxylic acids is 2. The highest BCUT2D eigenvalue weighted by molar-refractivity contribution is 5.95. The zero-order valence-electron chi connectivity index (χ0n) is 19.2. The fourth-order valence-corrected chi connectivity index (χ4v) is 4.13. The van der Waals surface area contributed by atoms with Crippen LogP contribution in [0.15, 0.2) is 54.6 Å². The summed E-state index contributed by atoms with van der Waals surface area (Å²) in [5, 5.41) is 12.0. The van der Waals surface area contributed by atoms with Crippen molar-refractivity contribution in [1.29, 1.82) is 5.26 Å². The molecular formula is C26H32N4O3. The molecule has 2 aromatic rings. The van der Waals surface area contributed by atoms with Crippen LogP contribution in [-0.4, -0.2) is 49.5 Å². The quantitative estimate of drug-likeness (QED) is 0.601. The molecule has 1 fully saturated rings. The van der Waals surface area contributed by atoms with E-state index in [1.54, 1.807) is 12.0 Å². The Hall–Kier alpha value is -3.37. The summed E-state index contributed by atoms with van der Waals surface area (Å²) in [7, 11) is 1.69. The highest BCUT2D eigenvalue weighted by Gasteiger charge is 2.22. The van der Waals surface area contributed by atoms with Crippen LogP contribution in [0.2, 0.25) is 0 Å². The minimum Gasteiger partial charge on any atom is -0.496 e. The predicted molar refractivity (Wildman–Crippen MR) is 128 cm³/mol. The molecule has 1 saturated heterocycles. The van der Waals surface area contributed by atoms with Crippen molar-refractivity contribution in [3.8, 4) is 11.8 Å². The van der Waals surface area contributed by atoms with Gasteiger partial charge in [0.15, 0.2) is 0 Å². The summed E-state index contributed by atoms with van der Waals surface area (Å²) >= 11 is 0. The number of nitrogens with zero attached hydrogens (tertiary/aromatic N) is 3. The number of piperidine rings is 1. The second-order valence-corrected chi connectivity index (χ2v) is 8.22. The van der Waals surface area contributed by atoms with E-state index in [2.05, 4.69) is 22.4 Å². The maximum absolute atomic E-state index is 12.7. The van der Waals surface area contributed by atoms with E-state index < -0.39 is 0 Å². The smallest absolute Gasteiger partial charge is 0.227 e. The number of likely N-dealkylation sites (tertiary alicyclic amines) is 1. The van der Waals surface area contributed by atoms with Gasteiger partial charge in [-0.15, -0.1) is 0 Å². The Balaban J connectivity index is 1.42. The van der Waals surface area contributed by atoms with Gasteiger partial charge in [0.25, 0.3) is 0 Å². The number of anilines is 1. The number of rotatable bonds is 10. The molecule has 0 atom stereocenters. The third-order valence-corrected chi connectivity index (χ3v) is 5.92. The van der Waals surface area contributed by atoms with E-state index in [0.29, 0.717) is 6.54 Å². The first kappa shape index (κ1) is 24.3. The molecule has 2 amide bonds. The molecule has 7 heteroatoms. The van der Waals surface area contributed by atoms with Crippen LogP contribution in [0.3, 0.4) is 0 Å². The standard InChI is InChI=1S/C26H32N4O3/c1-33-24-11-6-5-8-21(24)20-29-18-14-22(15-19-29)28-25(31)12-13-26(32)30(17-7-16-27)23-9-3-2-4-10-23/h2-6,8-11,22H,7,12-15,17-20H2,1H3,(H,28,31). The van der Waals surface area contributed by atoms with Gasteiger partial charge in [0.1, 0.15) is 5.75 Å². The van der Waals surface area contributed by atoms with Gasteiger partial charge in [0.2, 0.25) is 11.8 Å². The normalized spacial score (nSPS) is 14.3. The van der Waals surface area contributed by atoms with Crippen LogP contribution in [0, 0.1) is 11.3 Å². The van der Waals surface area contributed by atoms with Crippen molar-refractivity contribution in [3.63, 3.8) is 0 Å². The molecule has 33 heavy (non-hydrogen) atoms. The molecule has 3 rings (SSSR count). The molecule has 2 aromatic carbocycles. The second-order valence-electron chi connectivity index (χ2n) is 8.22. The summed E-state index contributed by atoms with van der Waals surface area (Å²) in [4.78, 5) is 29.2. The van der Waals surface area contributed by atoms with Gasteiger partial charge in [0.05, 0.1) is 19.6 Å². The summed E-state index contributed by atoms with van der Waals surface area (Å²) in [6.45, 7) is 2.96. The summed E-state index contributed by atoms with van der Waals surface area (Å²) in [6.07, 6.45) is 2.29. The second kappa shape index (κ2) is 12.6. The lowest BCUT2D eigenvalue weighted by atomic mass is 10.0. The Labute approximate surface area is 195 Å². The number of methoxy groups -OCH3 is 1. The monoisotopic (exact) mass is 448 g/mol. The third kappa shape index (κ3) is 7.33. The van der Waals surface area contributed by atoms with Gasteiger partial charge in [-0.25, -0.2) is 0 Å². The summed E-state index contributed by atoms with van der Waals surface area (Å²) in [5.41, 5.74) is 1.92. The van der Waals surface area contributed by atoms with Crippen LogP contribution in [0.4, 0.5) is 5.69 Å². The summed E-state index contributed by atoms with van der Waals surface area (Å²) in [5.74, 6) is 0.662. The maximum Gasteiger partial charge on any atom is 0.227 e. The van der Waals surface area contributed by atoms with Gasteiger partial charge in [-0.05, 0) is 31.0 Å². The maximum atomic E-state index is 12.7. The Morgan fingerprint density at radius 1 is 1.09 bits per heavy atom. The van der Waals surface area contributed by atoms with Gasteiger partial charge in [0, 0.05) is 56.3 Å². The molecule has 7 nitrogen and oxygen atoms in total. The molecule has 0 bridgehead atoms. The number of amides is 2. The molecule has 0 spiro atoms. The van der Waals surface area contributed by atoms with E-state index in [4.69, 9.17) is 10.00 Å². The minimum absolute atomic E-state index is 0.0974. The average Bonchev–Trinajstić information content (AvgIpc) is 2.85. The zero-order chi connectivity index (χ0) is 23.5. The molecule has 0 unspecified atom stereocenters. The van der Waals surface area contributed by atoms with E-state index in [0.717, 1.165) is 43.9 Å². The number of ether oxygens (including phenoxy) is 1. The van der Waals surface area contributed by atoms with Crippen molar-refractivity contribution in [3.05, 3.63) is 60.2 Å². The number of hydrogen-bond donors (Lipinski definition) is 1. The Morgan fingerprint density at radius 3 is 2.48 bits per heavy atom. The Kier molecular flexibility index (Phi) is 9.28. The lowest BCUT2D eigenvalue weighted by molar-refractivity contribution is -0.125. The summed E-state index contributed by atoms with van der Waals surface area (Å²) < 4.78 is 5.44. The van der Waals surface area contributed by atoms with Gasteiger partial charge >= 0.3 is 0 Å². The van der Waals surface area contributed by atoms with Crippen molar-refractivity contribution in [2.45, 2.75) is 44.7 Å². The number of hydrogen-bond acceptors (Lipinski definition) is 5. The molecule has 0 saturated carbocycles. The number of carbonyl (C=O) groups is 2. The predicted octanol–water partition coefficient (Wildman–Crippen LogP) is 3.50. The molecule has 174 valence electrons. The molecule has 0 radical (unpaired) electrons. The molecule has 0 aliphatic carbocycles. The van der Waals surface area contributed by atoms with Gasteiger partial charge in [-0.3, -0.25) is 14.5 Å². The van der Waals surface area contributed by atoms with Gasteiger partial charge in [-0.2, -0.15) is 5.26 Å². The van der Waals surface area contributed by atoms with Crippen LogP contribution in [0.5, 0.6) is 5.75 Å². The molecule has 0 aromatic heterocycles. The molecule has 1 N–H and O–H groups in total. The number of nitriles is 1. The van der Waals surface area contributed by atoms with Gasteiger partial charge < -0.3 is 15.0 Å². The number of nitrogens with one attached hydrogen (secondary N) is 1. The van der Waals surface area contributed by atoms with Crippen LogP contribution >= 0.6 is 0 Å². The third-order valence-electron chi connectivity index (χ3n) is 5.92. The topological polar surface area (TPSA) is 85.7 Å².